The standard InChI is InChI=1S/C17H23N3O3S/c1-17(2,3)24(22)19-15(12-16(21)23-4)13-7-5-8-14(11-13)20-10-6-9-18-20/h5-11,15,19H,12H2,1-4H3/t15-,24?/m0/s1. The van der Waals surface area contributed by atoms with E-state index in [9.17, 15) is 9.00 Å². The number of rotatable bonds is 6. The van der Waals surface area contributed by atoms with E-state index in [4.69, 9.17) is 4.74 Å². The van der Waals surface area contributed by atoms with Crippen molar-refractivity contribution in [2.45, 2.75) is 38.0 Å². The molecule has 24 heavy (non-hydrogen) atoms. The maximum absolute atomic E-state index is 12.5. The third-order valence-corrected chi connectivity index (χ3v) is 5.06. The van der Waals surface area contributed by atoms with Crippen molar-refractivity contribution < 1.29 is 13.7 Å². The van der Waals surface area contributed by atoms with Crippen molar-refractivity contribution in [2.75, 3.05) is 7.11 Å². The Morgan fingerprint density at radius 1 is 1.38 bits per heavy atom. The smallest absolute Gasteiger partial charge is 0.307 e. The second-order valence-corrected chi connectivity index (χ2v) is 8.38. The minimum Gasteiger partial charge on any atom is -0.469 e. The number of methoxy groups -OCH3 is 1. The summed E-state index contributed by atoms with van der Waals surface area (Å²) in [7, 11) is 0.0377. The van der Waals surface area contributed by atoms with E-state index < -0.39 is 21.8 Å². The van der Waals surface area contributed by atoms with E-state index in [1.54, 1.807) is 10.9 Å². The van der Waals surface area contributed by atoms with Crippen LogP contribution in [0.2, 0.25) is 0 Å². The first kappa shape index (κ1) is 18.4. The van der Waals surface area contributed by atoms with Crippen LogP contribution in [0.4, 0.5) is 0 Å². The molecule has 130 valence electrons. The van der Waals surface area contributed by atoms with E-state index in [1.807, 2.05) is 57.3 Å². The molecule has 0 fully saturated rings. The molecular formula is C17H23N3O3S. The number of benzene rings is 1. The summed E-state index contributed by atoms with van der Waals surface area (Å²) in [5.41, 5.74) is 1.72. The maximum Gasteiger partial charge on any atom is 0.307 e. The molecule has 0 spiro atoms. The SMILES string of the molecule is COC(=O)C[C@H](NS(=O)C(C)(C)C)c1cccc(-n2cccn2)c1. The van der Waals surface area contributed by atoms with Crippen LogP contribution < -0.4 is 4.72 Å². The Balaban J connectivity index is 2.31. The molecule has 0 saturated carbocycles. The fraction of sp³-hybridized carbons (Fsp3) is 0.412. The van der Waals surface area contributed by atoms with Crippen molar-refractivity contribution in [1.82, 2.24) is 14.5 Å². The quantitative estimate of drug-likeness (QED) is 0.814. The minimum atomic E-state index is -1.31. The predicted octanol–water partition coefficient (Wildman–Crippen LogP) is 2.53. The van der Waals surface area contributed by atoms with Gasteiger partial charge in [-0.05, 0) is 44.5 Å². The van der Waals surface area contributed by atoms with Crippen LogP contribution >= 0.6 is 0 Å². The molecule has 1 aromatic carbocycles. The van der Waals surface area contributed by atoms with Crippen LogP contribution in [0.15, 0.2) is 42.7 Å². The van der Waals surface area contributed by atoms with Crippen molar-refractivity contribution in [3.05, 3.63) is 48.3 Å². The lowest BCUT2D eigenvalue weighted by molar-refractivity contribution is -0.141. The Bertz CT molecular complexity index is 708. The molecule has 0 aliphatic rings. The highest BCUT2D eigenvalue weighted by Gasteiger charge is 2.25. The molecule has 0 saturated heterocycles. The largest absolute Gasteiger partial charge is 0.469 e. The first-order valence-electron chi connectivity index (χ1n) is 7.66. The van der Waals surface area contributed by atoms with E-state index >= 15 is 0 Å². The average molecular weight is 349 g/mol. The first-order chi connectivity index (χ1) is 11.3. The van der Waals surface area contributed by atoms with Crippen LogP contribution in [0.5, 0.6) is 0 Å². The molecule has 2 aromatic rings. The number of nitrogens with zero attached hydrogens (tertiary/aromatic N) is 2. The lowest BCUT2D eigenvalue weighted by Crippen LogP contribution is -2.36. The van der Waals surface area contributed by atoms with Gasteiger partial charge in [-0.15, -0.1) is 0 Å². The Labute approximate surface area is 144 Å². The number of ether oxygens (including phenoxy) is 1. The Kier molecular flexibility index (Phi) is 5.90. The lowest BCUT2D eigenvalue weighted by atomic mass is 10.0. The third-order valence-electron chi connectivity index (χ3n) is 3.45. The van der Waals surface area contributed by atoms with Crippen LogP contribution in [0.3, 0.4) is 0 Å². The van der Waals surface area contributed by atoms with Crippen LogP contribution in [0, 0.1) is 0 Å². The summed E-state index contributed by atoms with van der Waals surface area (Å²) < 4.78 is 21.6. The van der Waals surface area contributed by atoms with E-state index in [0.29, 0.717) is 0 Å². The number of carbonyl (C=O) groups is 1. The maximum atomic E-state index is 12.5. The number of hydrogen-bond acceptors (Lipinski definition) is 4. The molecule has 0 aliphatic heterocycles. The van der Waals surface area contributed by atoms with Crippen LogP contribution in [0.25, 0.3) is 5.69 Å². The summed E-state index contributed by atoms with van der Waals surface area (Å²) in [6.07, 6.45) is 3.64. The molecule has 1 unspecified atom stereocenters. The number of nitrogens with one attached hydrogen (secondary N) is 1. The van der Waals surface area contributed by atoms with Gasteiger partial charge in [0.25, 0.3) is 0 Å². The highest BCUT2D eigenvalue weighted by atomic mass is 32.2. The fourth-order valence-corrected chi connectivity index (χ4v) is 2.92. The van der Waals surface area contributed by atoms with Gasteiger partial charge in [0.15, 0.2) is 0 Å². The van der Waals surface area contributed by atoms with Gasteiger partial charge in [-0.1, -0.05) is 12.1 Å². The highest BCUT2D eigenvalue weighted by Crippen LogP contribution is 2.23. The predicted molar refractivity (Wildman–Crippen MR) is 94.0 cm³/mol. The van der Waals surface area contributed by atoms with Crippen molar-refractivity contribution >= 4 is 17.0 Å². The summed E-state index contributed by atoms with van der Waals surface area (Å²) >= 11 is 0. The normalized spacial score (nSPS) is 14.2. The van der Waals surface area contributed by atoms with Crippen LogP contribution in [0.1, 0.15) is 38.8 Å². The zero-order valence-electron chi connectivity index (χ0n) is 14.4. The van der Waals surface area contributed by atoms with E-state index in [2.05, 4.69) is 9.82 Å². The van der Waals surface area contributed by atoms with Gasteiger partial charge >= 0.3 is 5.97 Å². The fourth-order valence-electron chi connectivity index (χ4n) is 2.09. The van der Waals surface area contributed by atoms with Crippen molar-refractivity contribution in [3.8, 4) is 5.69 Å². The van der Waals surface area contributed by atoms with Gasteiger partial charge in [-0.25, -0.2) is 13.6 Å². The number of carbonyl (C=O) groups excluding carboxylic acids is 1. The van der Waals surface area contributed by atoms with Crippen molar-refractivity contribution in [2.24, 2.45) is 0 Å². The molecule has 1 N–H and O–H groups in total. The second kappa shape index (κ2) is 7.72. The van der Waals surface area contributed by atoms with Gasteiger partial charge < -0.3 is 4.74 Å². The van der Waals surface area contributed by atoms with Crippen molar-refractivity contribution in [1.29, 1.82) is 0 Å². The van der Waals surface area contributed by atoms with Crippen LogP contribution in [-0.4, -0.2) is 31.8 Å². The van der Waals surface area contributed by atoms with Gasteiger partial charge in [0, 0.05) is 12.4 Å². The third kappa shape index (κ3) is 4.75. The van der Waals surface area contributed by atoms with Crippen molar-refractivity contribution in [3.63, 3.8) is 0 Å². The summed E-state index contributed by atoms with van der Waals surface area (Å²) in [6, 6.07) is 9.06. The molecule has 7 heteroatoms. The number of aromatic nitrogens is 2. The summed E-state index contributed by atoms with van der Waals surface area (Å²) in [6.45, 7) is 5.64. The zero-order chi connectivity index (χ0) is 17.7. The molecule has 2 atom stereocenters. The molecule has 0 radical (unpaired) electrons. The minimum absolute atomic E-state index is 0.0981. The zero-order valence-corrected chi connectivity index (χ0v) is 15.2. The van der Waals surface area contributed by atoms with Crippen LogP contribution in [-0.2, 0) is 20.5 Å². The summed E-state index contributed by atoms with van der Waals surface area (Å²) in [5, 5.41) is 4.21. The average Bonchev–Trinajstić information content (AvgIpc) is 3.07. The first-order valence-corrected chi connectivity index (χ1v) is 8.81. The van der Waals surface area contributed by atoms with Gasteiger partial charge in [0.1, 0.15) is 0 Å². The summed E-state index contributed by atoms with van der Waals surface area (Å²) in [4.78, 5) is 11.8. The second-order valence-electron chi connectivity index (χ2n) is 6.38. The Morgan fingerprint density at radius 3 is 2.71 bits per heavy atom. The monoisotopic (exact) mass is 349 g/mol. The molecule has 2 rings (SSSR count). The molecule has 1 heterocycles. The molecular weight excluding hydrogens is 326 g/mol. The summed E-state index contributed by atoms with van der Waals surface area (Å²) in [5.74, 6) is -0.358. The molecule has 0 bridgehead atoms. The van der Waals surface area contributed by atoms with Gasteiger partial charge in [-0.3, -0.25) is 4.79 Å². The molecule has 1 aromatic heterocycles. The van der Waals surface area contributed by atoms with Gasteiger partial charge in [0.2, 0.25) is 0 Å². The van der Waals surface area contributed by atoms with E-state index in [-0.39, 0.29) is 12.4 Å². The van der Waals surface area contributed by atoms with E-state index in [1.165, 1.54) is 7.11 Å². The highest BCUT2D eigenvalue weighted by molar-refractivity contribution is 7.84. The van der Waals surface area contributed by atoms with Gasteiger partial charge in [0.05, 0.1) is 41.0 Å². The molecule has 0 amide bonds. The van der Waals surface area contributed by atoms with Gasteiger partial charge in [-0.2, -0.15) is 5.10 Å². The number of esters is 1. The Morgan fingerprint density at radius 2 is 2.12 bits per heavy atom. The Hall–Kier alpha value is -1.99. The molecule has 0 aliphatic carbocycles. The lowest BCUT2D eigenvalue weighted by Gasteiger charge is -2.24. The molecule has 6 nitrogen and oxygen atoms in total. The van der Waals surface area contributed by atoms with E-state index in [0.717, 1.165) is 11.3 Å². The topological polar surface area (TPSA) is 73.2 Å². The number of hydrogen-bond donors (Lipinski definition) is 1.